The number of piperazine rings is 1. The van der Waals surface area contributed by atoms with E-state index in [0.29, 0.717) is 58.4 Å². The molecule has 2 fully saturated rings. The molecule has 2 aliphatic rings. The van der Waals surface area contributed by atoms with Gasteiger partial charge in [0, 0.05) is 57.7 Å². The molecule has 1 aromatic heterocycles. The standard InChI is InChI=1S/C21H25N5O4S/c27-20(24-10-12-25(13-11-24)21-22-8-1-9-23-21)7-4-18-2-5-19(6-3-18)31(28,29)26-14-16-30-17-15-26/h1-9H,10-17H2. The van der Waals surface area contributed by atoms with Crippen LogP contribution in [0.1, 0.15) is 5.56 Å². The maximum Gasteiger partial charge on any atom is 0.246 e. The first kappa shape index (κ1) is 21.4. The number of sulfonamides is 1. The summed E-state index contributed by atoms with van der Waals surface area (Å²) in [5.74, 6) is 0.607. The van der Waals surface area contributed by atoms with Crippen LogP contribution >= 0.6 is 0 Å². The smallest absolute Gasteiger partial charge is 0.246 e. The zero-order valence-corrected chi connectivity index (χ0v) is 17.9. The fourth-order valence-electron chi connectivity index (χ4n) is 3.54. The van der Waals surface area contributed by atoms with Crippen LogP contribution in [0.3, 0.4) is 0 Å². The lowest BCUT2D eigenvalue weighted by atomic mass is 10.2. The topological polar surface area (TPSA) is 95.9 Å². The van der Waals surface area contributed by atoms with Crippen LogP contribution in [0.25, 0.3) is 6.08 Å². The summed E-state index contributed by atoms with van der Waals surface area (Å²) in [7, 11) is -3.52. The van der Waals surface area contributed by atoms with Gasteiger partial charge in [-0.05, 0) is 29.8 Å². The minimum atomic E-state index is -3.52. The lowest BCUT2D eigenvalue weighted by Crippen LogP contribution is -2.48. The van der Waals surface area contributed by atoms with Gasteiger partial charge in [0.1, 0.15) is 0 Å². The van der Waals surface area contributed by atoms with Crippen molar-refractivity contribution >= 4 is 28.0 Å². The molecule has 0 N–H and O–H groups in total. The lowest BCUT2D eigenvalue weighted by Gasteiger charge is -2.34. The van der Waals surface area contributed by atoms with E-state index >= 15 is 0 Å². The summed E-state index contributed by atoms with van der Waals surface area (Å²) in [5.41, 5.74) is 0.769. The molecule has 1 amide bonds. The highest BCUT2D eigenvalue weighted by Gasteiger charge is 2.26. The van der Waals surface area contributed by atoms with Crippen molar-refractivity contribution < 1.29 is 17.9 Å². The van der Waals surface area contributed by atoms with E-state index in [4.69, 9.17) is 4.74 Å². The number of nitrogens with zero attached hydrogens (tertiary/aromatic N) is 5. The van der Waals surface area contributed by atoms with Gasteiger partial charge in [-0.3, -0.25) is 4.79 Å². The van der Waals surface area contributed by atoms with E-state index in [-0.39, 0.29) is 10.8 Å². The van der Waals surface area contributed by atoms with Gasteiger partial charge in [-0.15, -0.1) is 0 Å². The third kappa shape index (κ3) is 5.09. The predicted molar refractivity (Wildman–Crippen MR) is 116 cm³/mol. The Kier molecular flexibility index (Phi) is 6.59. The number of anilines is 1. The number of benzene rings is 1. The van der Waals surface area contributed by atoms with Gasteiger partial charge < -0.3 is 14.5 Å². The Morgan fingerprint density at radius 1 is 0.935 bits per heavy atom. The summed E-state index contributed by atoms with van der Waals surface area (Å²) >= 11 is 0. The van der Waals surface area contributed by atoms with Crippen LogP contribution in [0.15, 0.2) is 53.7 Å². The van der Waals surface area contributed by atoms with E-state index < -0.39 is 10.0 Å². The van der Waals surface area contributed by atoms with E-state index in [1.54, 1.807) is 53.7 Å². The molecule has 1 aromatic carbocycles. The number of morpholine rings is 1. The Morgan fingerprint density at radius 3 is 2.23 bits per heavy atom. The summed E-state index contributed by atoms with van der Waals surface area (Å²) in [6.07, 6.45) is 6.65. The molecule has 0 radical (unpaired) electrons. The summed E-state index contributed by atoms with van der Waals surface area (Å²) in [4.78, 5) is 25.1. The van der Waals surface area contributed by atoms with Crippen molar-refractivity contribution in [1.82, 2.24) is 19.2 Å². The minimum absolute atomic E-state index is 0.0707. The number of carbonyl (C=O) groups is 1. The van der Waals surface area contributed by atoms with Crippen molar-refractivity contribution in [3.05, 3.63) is 54.4 Å². The Balaban J connectivity index is 1.33. The van der Waals surface area contributed by atoms with E-state index in [1.165, 1.54) is 10.4 Å². The molecule has 10 heteroatoms. The van der Waals surface area contributed by atoms with Gasteiger partial charge in [0.15, 0.2) is 0 Å². The zero-order valence-electron chi connectivity index (χ0n) is 17.1. The minimum Gasteiger partial charge on any atom is -0.379 e. The molecule has 0 atom stereocenters. The molecular weight excluding hydrogens is 418 g/mol. The van der Waals surface area contributed by atoms with Gasteiger partial charge in [-0.25, -0.2) is 18.4 Å². The highest BCUT2D eigenvalue weighted by atomic mass is 32.2. The number of aromatic nitrogens is 2. The third-order valence-corrected chi connectivity index (χ3v) is 7.25. The third-order valence-electron chi connectivity index (χ3n) is 5.33. The predicted octanol–water partition coefficient (Wildman–Crippen LogP) is 0.859. The molecule has 164 valence electrons. The molecule has 31 heavy (non-hydrogen) atoms. The van der Waals surface area contributed by atoms with Crippen LogP contribution in [0, 0.1) is 0 Å². The number of rotatable bonds is 5. The maximum atomic E-state index is 12.7. The van der Waals surface area contributed by atoms with Crippen molar-refractivity contribution in [3.63, 3.8) is 0 Å². The average Bonchev–Trinajstić information content (AvgIpc) is 2.84. The SMILES string of the molecule is O=C(C=Cc1ccc(S(=O)(=O)N2CCOCC2)cc1)N1CCN(c2ncccn2)CC1. The van der Waals surface area contributed by atoms with Gasteiger partial charge in [-0.1, -0.05) is 12.1 Å². The van der Waals surface area contributed by atoms with E-state index in [1.807, 2.05) is 0 Å². The molecule has 2 aliphatic heterocycles. The van der Waals surface area contributed by atoms with Crippen LogP contribution in [-0.2, 0) is 19.6 Å². The van der Waals surface area contributed by atoms with E-state index in [9.17, 15) is 13.2 Å². The van der Waals surface area contributed by atoms with Crippen LogP contribution in [0.4, 0.5) is 5.95 Å². The van der Waals surface area contributed by atoms with Gasteiger partial charge >= 0.3 is 0 Å². The molecule has 2 saturated heterocycles. The van der Waals surface area contributed by atoms with Crippen molar-refractivity contribution in [2.24, 2.45) is 0 Å². The normalized spacial score (nSPS) is 18.5. The first-order valence-electron chi connectivity index (χ1n) is 10.2. The molecule has 0 spiro atoms. The summed E-state index contributed by atoms with van der Waals surface area (Å²) in [6, 6.07) is 8.35. The monoisotopic (exact) mass is 443 g/mol. The Morgan fingerprint density at radius 2 is 1.58 bits per heavy atom. The largest absolute Gasteiger partial charge is 0.379 e. The van der Waals surface area contributed by atoms with Crippen molar-refractivity contribution in [3.8, 4) is 0 Å². The van der Waals surface area contributed by atoms with Crippen LogP contribution < -0.4 is 4.90 Å². The van der Waals surface area contributed by atoms with E-state index in [2.05, 4.69) is 14.9 Å². The number of ether oxygens (including phenoxy) is 1. The summed E-state index contributed by atoms with van der Waals surface area (Å²) in [5, 5.41) is 0. The molecule has 0 aliphatic carbocycles. The molecule has 9 nitrogen and oxygen atoms in total. The van der Waals surface area contributed by atoms with E-state index in [0.717, 1.165) is 5.56 Å². The quantitative estimate of drug-likeness (QED) is 0.633. The highest BCUT2D eigenvalue weighted by molar-refractivity contribution is 7.89. The molecule has 4 rings (SSSR count). The number of carbonyl (C=O) groups excluding carboxylic acids is 1. The fraction of sp³-hybridized carbons (Fsp3) is 0.381. The summed E-state index contributed by atoms with van der Waals surface area (Å²) in [6.45, 7) is 4.10. The van der Waals surface area contributed by atoms with Gasteiger partial charge in [0.2, 0.25) is 21.9 Å². The lowest BCUT2D eigenvalue weighted by molar-refractivity contribution is -0.126. The summed E-state index contributed by atoms with van der Waals surface area (Å²) < 4.78 is 32.0. The number of hydrogen-bond acceptors (Lipinski definition) is 7. The second-order valence-corrected chi connectivity index (χ2v) is 9.22. The van der Waals surface area contributed by atoms with Crippen molar-refractivity contribution in [2.75, 3.05) is 57.4 Å². The fourth-order valence-corrected chi connectivity index (χ4v) is 4.95. The second kappa shape index (κ2) is 9.54. The van der Waals surface area contributed by atoms with Crippen LogP contribution in [-0.4, -0.2) is 86.0 Å². The van der Waals surface area contributed by atoms with Crippen LogP contribution in [0.5, 0.6) is 0 Å². The van der Waals surface area contributed by atoms with Gasteiger partial charge in [0.05, 0.1) is 18.1 Å². The molecule has 0 unspecified atom stereocenters. The Bertz CT molecular complexity index is 1010. The number of hydrogen-bond donors (Lipinski definition) is 0. The zero-order chi connectivity index (χ0) is 21.7. The highest BCUT2D eigenvalue weighted by Crippen LogP contribution is 2.18. The van der Waals surface area contributed by atoms with Gasteiger partial charge in [-0.2, -0.15) is 4.31 Å². The Labute approximate surface area is 182 Å². The second-order valence-electron chi connectivity index (χ2n) is 7.28. The van der Waals surface area contributed by atoms with Gasteiger partial charge in [0.25, 0.3) is 0 Å². The van der Waals surface area contributed by atoms with Crippen LogP contribution in [0.2, 0.25) is 0 Å². The first-order chi connectivity index (χ1) is 15.0. The average molecular weight is 444 g/mol. The maximum absolute atomic E-state index is 12.7. The molecule has 3 heterocycles. The molecule has 0 saturated carbocycles. The van der Waals surface area contributed by atoms with Crippen molar-refractivity contribution in [1.29, 1.82) is 0 Å². The van der Waals surface area contributed by atoms with Crippen molar-refractivity contribution in [2.45, 2.75) is 4.90 Å². The molecule has 0 bridgehead atoms. The molecule has 2 aromatic rings. The number of amides is 1. The molecular formula is C21H25N5O4S. The first-order valence-corrected chi connectivity index (χ1v) is 11.6. The Hall–Kier alpha value is -2.82.